The van der Waals surface area contributed by atoms with Crippen LogP contribution in [0.2, 0.25) is 0 Å². The second kappa shape index (κ2) is 8.79. The topological polar surface area (TPSA) is 42.7 Å². The quantitative estimate of drug-likeness (QED) is 0.485. The molecule has 0 spiro atoms. The molecule has 1 unspecified atom stereocenters. The van der Waals surface area contributed by atoms with Crippen LogP contribution in [0.3, 0.4) is 0 Å². The van der Waals surface area contributed by atoms with E-state index in [1.807, 2.05) is 82.3 Å². The van der Waals surface area contributed by atoms with Crippen LogP contribution in [0, 0.1) is 0 Å². The van der Waals surface area contributed by atoms with E-state index in [9.17, 15) is 4.79 Å². The first-order chi connectivity index (χ1) is 13.5. The van der Waals surface area contributed by atoms with Crippen molar-refractivity contribution >= 4 is 22.4 Å². The van der Waals surface area contributed by atoms with Crippen LogP contribution in [-0.4, -0.2) is 23.9 Å². The highest BCUT2D eigenvalue weighted by Crippen LogP contribution is 2.33. The van der Waals surface area contributed by atoms with Gasteiger partial charge >= 0.3 is 0 Å². The minimum Gasteiger partial charge on any atom is -0.482 e. The Morgan fingerprint density at radius 2 is 1.82 bits per heavy atom. The van der Waals surface area contributed by atoms with Gasteiger partial charge in [0, 0.05) is 24.6 Å². The summed E-state index contributed by atoms with van der Waals surface area (Å²) in [7, 11) is 0. The van der Waals surface area contributed by atoms with E-state index in [1.165, 1.54) is 0 Å². The van der Waals surface area contributed by atoms with E-state index in [2.05, 4.69) is 0 Å². The molecule has 0 radical (unpaired) electrons. The van der Waals surface area contributed by atoms with Crippen molar-refractivity contribution in [1.29, 1.82) is 0 Å². The first kappa shape index (κ1) is 19.7. The number of ether oxygens (including phenoxy) is 1. The van der Waals surface area contributed by atoms with E-state index < -0.39 is 0 Å². The number of benzene rings is 2. The minimum absolute atomic E-state index is 0.00266. The van der Waals surface area contributed by atoms with E-state index in [1.54, 1.807) is 11.0 Å². The number of rotatable bonds is 7. The molecule has 3 aromatic rings. The summed E-state index contributed by atoms with van der Waals surface area (Å²) in [5.41, 5.74) is 2.60. The Kier molecular flexibility index (Phi) is 6.19. The lowest BCUT2D eigenvalue weighted by atomic mass is 10.1. The van der Waals surface area contributed by atoms with Gasteiger partial charge in [-0.1, -0.05) is 42.5 Å². The molecule has 0 aliphatic heterocycles. The second-order valence-electron chi connectivity index (χ2n) is 6.79. The minimum atomic E-state index is -0.0961. The Morgan fingerprint density at radius 3 is 2.50 bits per heavy atom. The standard InChI is InChI=1S/C24H27NO3/c1-5-25(6-2)23(26)15-17(3)22-16-20-13-10-14-21(24(20)28-22)27-18(4)19-11-8-7-9-12-19/h7-16,18H,5-6H2,1-4H3. The second-order valence-corrected chi connectivity index (χ2v) is 6.79. The number of hydrogen-bond donors (Lipinski definition) is 0. The molecule has 2 aromatic carbocycles. The molecule has 146 valence electrons. The van der Waals surface area contributed by atoms with Crippen LogP contribution >= 0.6 is 0 Å². The largest absolute Gasteiger partial charge is 0.482 e. The Hall–Kier alpha value is -3.01. The van der Waals surface area contributed by atoms with Gasteiger partial charge in [0.1, 0.15) is 11.9 Å². The average molecular weight is 377 g/mol. The third kappa shape index (κ3) is 4.28. The number of carbonyl (C=O) groups is 1. The van der Waals surface area contributed by atoms with Crippen molar-refractivity contribution in [2.45, 2.75) is 33.8 Å². The zero-order chi connectivity index (χ0) is 20.1. The fourth-order valence-electron chi connectivity index (χ4n) is 3.19. The van der Waals surface area contributed by atoms with Crippen molar-refractivity contribution < 1.29 is 13.9 Å². The van der Waals surface area contributed by atoms with Gasteiger partial charge in [-0.2, -0.15) is 0 Å². The molecule has 1 amide bonds. The maximum Gasteiger partial charge on any atom is 0.246 e. The molecule has 1 aromatic heterocycles. The fraction of sp³-hybridized carbons (Fsp3) is 0.292. The molecule has 0 saturated heterocycles. The third-order valence-electron chi connectivity index (χ3n) is 4.88. The van der Waals surface area contributed by atoms with Crippen molar-refractivity contribution in [2.75, 3.05) is 13.1 Å². The van der Waals surface area contributed by atoms with Gasteiger partial charge in [-0.3, -0.25) is 4.79 Å². The van der Waals surface area contributed by atoms with Crippen molar-refractivity contribution in [3.05, 3.63) is 72.0 Å². The van der Waals surface area contributed by atoms with Crippen molar-refractivity contribution in [2.24, 2.45) is 0 Å². The van der Waals surface area contributed by atoms with Crippen molar-refractivity contribution in [1.82, 2.24) is 4.90 Å². The molecule has 0 aliphatic rings. The van der Waals surface area contributed by atoms with E-state index in [4.69, 9.17) is 9.15 Å². The number of nitrogens with zero attached hydrogens (tertiary/aromatic N) is 1. The number of amides is 1. The van der Waals surface area contributed by atoms with Gasteiger partial charge in [-0.05, 0) is 51.0 Å². The molecule has 3 rings (SSSR count). The van der Waals surface area contributed by atoms with Gasteiger partial charge in [-0.15, -0.1) is 0 Å². The maximum absolute atomic E-state index is 12.4. The van der Waals surface area contributed by atoms with Crippen LogP contribution in [0.5, 0.6) is 5.75 Å². The van der Waals surface area contributed by atoms with E-state index in [0.29, 0.717) is 30.2 Å². The van der Waals surface area contributed by atoms with Gasteiger partial charge in [-0.25, -0.2) is 0 Å². The van der Waals surface area contributed by atoms with Crippen LogP contribution in [0.15, 0.2) is 65.1 Å². The van der Waals surface area contributed by atoms with E-state index in [-0.39, 0.29) is 12.0 Å². The SMILES string of the molecule is CCN(CC)C(=O)C=C(C)c1cc2cccc(OC(C)c3ccccc3)c2o1. The molecule has 0 aliphatic carbocycles. The summed E-state index contributed by atoms with van der Waals surface area (Å²) < 4.78 is 12.3. The van der Waals surface area contributed by atoms with Crippen LogP contribution in [-0.2, 0) is 4.79 Å². The summed E-state index contributed by atoms with van der Waals surface area (Å²) in [6.07, 6.45) is 1.54. The highest BCUT2D eigenvalue weighted by molar-refractivity contribution is 5.95. The summed E-state index contributed by atoms with van der Waals surface area (Å²) in [6.45, 7) is 9.24. The first-order valence-corrected chi connectivity index (χ1v) is 9.75. The van der Waals surface area contributed by atoms with Crippen LogP contribution in [0.4, 0.5) is 0 Å². The lowest BCUT2D eigenvalue weighted by Gasteiger charge is -2.16. The van der Waals surface area contributed by atoms with Gasteiger partial charge in [0.25, 0.3) is 0 Å². The van der Waals surface area contributed by atoms with Gasteiger partial charge in [0.15, 0.2) is 11.3 Å². The highest BCUT2D eigenvalue weighted by atomic mass is 16.5. The molecule has 0 bridgehead atoms. The number of hydrogen-bond acceptors (Lipinski definition) is 3. The number of likely N-dealkylation sites (N-methyl/N-ethyl adjacent to an activating group) is 1. The molecule has 1 atom stereocenters. The van der Waals surface area contributed by atoms with Crippen molar-refractivity contribution in [3.8, 4) is 5.75 Å². The van der Waals surface area contributed by atoms with E-state index >= 15 is 0 Å². The van der Waals surface area contributed by atoms with Crippen molar-refractivity contribution in [3.63, 3.8) is 0 Å². The highest BCUT2D eigenvalue weighted by Gasteiger charge is 2.15. The molecule has 0 fully saturated rings. The van der Waals surface area contributed by atoms with Gasteiger partial charge in [0.2, 0.25) is 5.91 Å². The van der Waals surface area contributed by atoms with Crippen LogP contribution in [0.1, 0.15) is 45.1 Å². The zero-order valence-corrected chi connectivity index (χ0v) is 16.9. The number of fused-ring (bicyclic) bond motifs is 1. The molecule has 4 nitrogen and oxygen atoms in total. The summed E-state index contributed by atoms with van der Waals surface area (Å²) in [4.78, 5) is 14.1. The van der Waals surface area contributed by atoms with Crippen LogP contribution < -0.4 is 4.74 Å². The zero-order valence-electron chi connectivity index (χ0n) is 16.9. The number of furan rings is 1. The summed E-state index contributed by atoms with van der Waals surface area (Å²) in [5, 5.41) is 0.954. The molecular weight excluding hydrogens is 350 g/mol. The molecule has 4 heteroatoms. The fourth-order valence-corrected chi connectivity index (χ4v) is 3.19. The summed E-state index contributed by atoms with van der Waals surface area (Å²) in [5.74, 6) is 1.37. The average Bonchev–Trinajstić information content (AvgIpc) is 3.15. The monoisotopic (exact) mass is 377 g/mol. The molecule has 28 heavy (non-hydrogen) atoms. The lowest BCUT2D eigenvalue weighted by Crippen LogP contribution is -2.28. The Labute approximate surface area is 166 Å². The molecule has 1 heterocycles. The number of carbonyl (C=O) groups excluding carboxylic acids is 1. The van der Waals surface area contributed by atoms with E-state index in [0.717, 1.165) is 16.5 Å². The summed E-state index contributed by atoms with van der Waals surface area (Å²) in [6, 6.07) is 17.9. The first-order valence-electron chi connectivity index (χ1n) is 9.75. The maximum atomic E-state index is 12.4. The molecular formula is C24H27NO3. The number of allylic oxidation sites excluding steroid dienone is 1. The summed E-state index contributed by atoms with van der Waals surface area (Å²) >= 11 is 0. The Bertz CT molecular complexity index is 968. The van der Waals surface area contributed by atoms with Crippen LogP contribution in [0.25, 0.3) is 16.5 Å². The van der Waals surface area contributed by atoms with Gasteiger partial charge in [0.05, 0.1) is 0 Å². The normalized spacial score (nSPS) is 12.8. The Balaban J connectivity index is 1.88. The lowest BCUT2D eigenvalue weighted by molar-refractivity contribution is -0.125. The number of para-hydroxylation sites is 1. The molecule has 0 N–H and O–H groups in total. The third-order valence-corrected chi connectivity index (χ3v) is 4.88. The molecule has 0 saturated carbocycles. The smallest absolute Gasteiger partial charge is 0.246 e. The predicted octanol–water partition coefficient (Wildman–Crippen LogP) is 5.84. The Morgan fingerprint density at radius 1 is 1.11 bits per heavy atom. The van der Waals surface area contributed by atoms with Gasteiger partial charge < -0.3 is 14.1 Å². The predicted molar refractivity (Wildman–Crippen MR) is 113 cm³/mol.